The summed E-state index contributed by atoms with van der Waals surface area (Å²) in [5, 5.41) is 0.835. The molecule has 76 valence electrons. The lowest BCUT2D eigenvalue weighted by Crippen LogP contribution is -2.26. The molecule has 0 fully saturated rings. The molecule has 1 nitrogen and oxygen atoms in total. The van der Waals surface area contributed by atoms with E-state index in [1.165, 1.54) is 11.1 Å². The van der Waals surface area contributed by atoms with Gasteiger partial charge in [-0.1, -0.05) is 24.6 Å². The average Bonchev–Trinajstić information content (AvgIpc) is 2.39. The van der Waals surface area contributed by atoms with Crippen LogP contribution < -0.4 is 5.73 Å². The third-order valence-electron chi connectivity index (χ3n) is 3.19. The zero-order valence-corrected chi connectivity index (χ0v) is 9.38. The topological polar surface area (TPSA) is 26.0 Å². The van der Waals surface area contributed by atoms with E-state index in [-0.39, 0.29) is 6.04 Å². The molecule has 0 saturated carbocycles. The van der Waals surface area contributed by atoms with Crippen LogP contribution in [-0.2, 0) is 6.42 Å². The maximum absolute atomic E-state index is 6.01. The predicted molar refractivity (Wildman–Crippen MR) is 60.7 cm³/mol. The lowest BCUT2D eigenvalue weighted by atomic mass is 9.88. The van der Waals surface area contributed by atoms with Crippen molar-refractivity contribution in [3.8, 4) is 0 Å². The number of hydrogen-bond acceptors (Lipinski definition) is 1. The highest BCUT2D eigenvalue weighted by Crippen LogP contribution is 2.40. The van der Waals surface area contributed by atoms with Gasteiger partial charge in [0.1, 0.15) is 0 Å². The van der Waals surface area contributed by atoms with Crippen LogP contribution in [0.3, 0.4) is 0 Å². The lowest BCUT2D eigenvalue weighted by molar-refractivity contribution is 0.439. The minimum absolute atomic E-state index is 0.229. The molecule has 0 amide bonds. The van der Waals surface area contributed by atoms with Gasteiger partial charge in [0, 0.05) is 17.0 Å². The standard InChI is InChI=1S/C12H16ClN/c1-7-5-9-6-10(13)3-4-11(9)12(7)8(2)14/h3-4,6-8,12H,5,14H2,1-2H3. The third-order valence-corrected chi connectivity index (χ3v) is 3.42. The predicted octanol–water partition coefficient (Wildman–Crippen LogP) is 2.96. The van der Waals surface area contributed by atoms with Crippen molar-refractivity contribution in [1.29, 1.82) is 0 Å². The zero-order valence-electron chi connectivity index (χ0n) is 8.63. The van der Waals surface area contributed by atoms with E-state index in [2.05, 4.69) is 26.0 Å². The molecule has 1 aromatic carbocycles. The molecule has 0 aromatic heterocycles. The van der Waals surface area contributed by atoms with E-state index in [4.69, 9.17) is 17.3 Å². The van der Waals surface area contributed by atoms with Crippen LogP contribution in [0.5, 0.6) is 0 Å². The number of rotatable bonds is 1. The fourth-order valence-corrected chi connectivity index (χ4v) is 2.85. The van der Waals surface area contributed by atoms with E-state index in [9.17, 15) is 0 Å². The summed E-state index contributed by atoms with van der Waals surface area (Å²) in [5.74, 6) is 1.14. The van der Waals surface area contributed by atoms with Crippen molar-refractivity contribution in [2.24, 2.45) is 11.7 Å². The van der Waals surface area contributed by atoms with Gasteiger partial charge in [0.2, 0.25) is 0 Å². The zero-order chi connectivity index (χ0) is 10.3. The third kappa shape index (κ3) is 1.55. The molecular formula is C12H16ClN. The van der Waals surface area contributed by atoms with Gasteiger partial charge < -0.3 is 5.73 Å². The lowest BCUT2D eigenvalue weighted by Gasteiger charge is -2.20. The van der Waals surface area contributed by atoms with Crippen LogP contribution in [0.15, 0.2) is 18.2 Å². The van der Waals surface area contributed by atoms with E-state index in [0.717, 1.165) is 11.4 Å². The number of hydrogen-bond donors (Lipinski definition) is 1. The van der Waals surface area contributed by atoms with Gasteiger partial charge in [0.25, 0.3) is 0 Å². The molecule has 1 aromatic rings. The summed E-state index contributed by atoms with van der Waals surface area (Å²) in [7, 11) is 0. The van der Waals surface area contributed by atoms with E-state index in [1.807, 2.05) is 6.07 Å². The first kappa shape index (κ1) is 10.0. The summed E-state index contributed by atoms with van der Waals surface area (Å²) in [6, 6.07) is 6.41. The first-order valence-electron chi connectivity index (χ1n) is 5.13. The molecule has 2 rings (SSSR count). The first-order valence-corrected chi connectivity index (χ1v) is 5.51. The highest BCUT2D eigenvalue weighted by molar-refractivity contribution is 6.30. The summed E-state index contributed by atoms with van der Waals surface area (Å²) >= 11 is 5.97. The fourth-order valence-electron chi connectivity index (χ4n) is 2.66. The van der Waals surface area contributed by atoms with Gasteiger partial charge in [-0.15, -0.1) is 0 Å². The fraction of sp³-hybridized carbons (Fsp3) is 0.500. The van der Waals surface area contributed by atoms with Gasteiger partial charge in [0.15, 0.2) is 0 Å². The minimum Gasteiger partial charge on any atom is -0.327 e. The molecule has 14 heavy (non-hydrogen) atoms. The minimum atomic E-state index is 0.229. The summed E-state index contributed by atoms with van der Waals surface area (Å²) in [5.41, 5.74) is 8.79. The van der Waals surface area contributed by atoms with Crippen LogP contribution >= 0.6 is 11.6 Å². The Kier molecular flexibility index (Phi) is 2.54. The second-order valence-electron chi connectivity index (χ2n) is 4.41. The molecule has 0 radical (unpaired) electrons. The monoisotopic (exact) mass is 209 g/mol. The molecular weight excluding hydrogens is 194 g/mol. The Hall–Kier alpha value is -0.530. The van der Waals surface area contributed by atoms with E-state index in [0.29, 0.717) is 11.8 Å². The molecule has 0 bridgehead atoms. The van der Waals surface area contributed by atoms with Crippen LogP contribution in [0.4, 0.5) is 0 Å². The van der Waals surface area contributed by atoms with Crippen molar-refractivity contribution in [2.75, 3.05) is 0 Å². The number of fused-ring (bicyclic) bond motifs is 1. The van der Waals surface area contributed by atoms with Crippen molar-refractivity contribution >= 4 is 11.6 Å². The Morgan fingerprint density at radius 2 is 2.21 bits per heavy atom. The van der Waals surface area contributed by atoms with Crippen LogP contribution in [-0.4, -0.2) is 6.04 Å². The highest BCUT2D eigenvalue weighted by Gasteiger charge is 2.31. The Morgan fingerprint density at radius 3 is 2.86 bits per heavy atom. The Balaban J connectivity index is 2.42. The van der Waals surface area contributed by atoms with E-state index >= 15 is 0 Å². The maximum Gasteiger partial charge on any atom is 0.0408 e. The summed E-state index contributed by atoms with van der Waals surface area (Å²) in [6.45, 7) is 4.35. The van der Waals surface area contributed by atoms with Gasteiger partial charge in [-0.3, -0.25) is 0 Å². The van der Waals surface area contributed by atoms with E-state index in [1.54, 1.807) is 0 Å². The number of benzene rings is 1. The molecule has 0 saturated heterocycles. The summed E-state index contributed by atoms with van der Waals surface area (Å²) < 4.78 is 0. The van der Waals surface area contributed by atoms with Gasteiger partial charge in [0.05, 0.1) is 0 Å². The Bertz CT molecular complexity index is 346. The Morgan fingerprint density at radius 1 is 1.50 bits per heavy atom. The summed E-state index contributed by atoms with van der Waals surface area (Å²) in [6.07, 6.45) is 1.11. The number of nitrogens with two attached hydrogens (primary N) is 1. The average molecular weight is 210 g/mol. The van der Waals surface area contributed by atoms with Crippen molar-refractivity contribution in [1.82, 2.24) is 0 Å². The van der Waals surface area contributed by atoms with Crippen LogP contribution in [0.2, 0.25) is 5.02 Å². The summed E-state index contributed by atoms with van der Waals surface area (Å²) in [4.78, 5) is 0. The normalized spacial score (nSPS) is 27.4. The van der Waals surface area contributed by atoms with Crippen molar-refractivity contribution in [3.05, 3.63) is 34.3 Å². The first-order chi connectivity index (χ1) is 6.59. The molecule has 0 aliphatic heterocycles. The Labute approximate surface area is 90.3 Å². The van der Waals surface area contributed by atoms with Crippen LogP contribution in [0.1, 0.15) is 30.9 Å². The van der Waals surface area contributed by atoms with Crippen molar-refractivity contribution < 1.29 is 0 Å². The van der Waals surface area contributed by atoms with Gasteiger partial charge in [-0.05, 0) is 42.5 Å². The smallest absolute Gasteiger partial charge is 0.0408 e. The molecule has 2 heteroatoms. The van der Waals surface area contributed by atoms with Gasteiger partial charge in [-0.2, -0.15) is 0 Å². The molecule has 3 unspecified atom stereocenters. The quantitative estimate of drug-likeness (QED) is 0.756. The second kappa shape index (κ2) is 3.56. The van der Waals surface area contributed by atoms with Gasteiger partial charge in [-0.25, -0.2) is 0 Å². The van der Waals surface area contributed by atoms with Gasteiger partial charge >= 0.3 is 0 Å². The molecule has 2 N–H and O–H groups in total. The number of halogens is 1. The molecule has 0 spiro atoms. The van der Waals surface area contributed by atoms with Crippen LogP contribution in [0.25, 0.3) is 0 Å². The molecule has 0 heterocycles. The molecule has 1 aliphatic carbocycles. The second-order valence-corrected chi connectivity index (χ2v) is 4.85. The largest absolute Gasteiger partial charge is 0.327 e. The van der Waals surface area contributed by atoms with Crippen molar-refractivity contribution in [2.45, 2.75) is 32.2 Å². The SMILES string of the molecule is CC(N)C1c2ccc(Cl)cc2CC1C. The maximum atomic E-state index is 6.01. The van der Waals surface area contributed by atoms with Crippen molar-refractivity contribution in [3.63, 3.8) is 0 Å². The highest BCUT2D eigenvalue weighted by atomic mass is 35.5. The molecule has 3 atom stereocenters. The van der Waals surface area contributed by atoms with E-state index < -0.39 is 0 Å². The van der Waals surface area contributed by atoms with Crippen LogP contribution in [0, 0.1) is 5.92 Å². The molecule has 1 aliphatic rings.